The van der Waals surface area contributed by atoms with E-state index in [9.17, 15) is 18.0 Å². The van der Waals surface area contributed by atoms with Gasteiger partial charge < -0.3 is 10.1 Å². The van der Waals surface area contributed by atoms with Gasteiger partial charge in [0.15, 0.2) is 0 Å². The lowest BCUT2D eigenvalue weighted by atomic mass is 10.1. The molecule has 1 saturated heterocycles. The average molecular weight is 504 g/mol. The lowest BCUT2D eigenvalue weighted by molar-refractivity contribution is -0.116. The van der Waals surface area contributed by atoms with Crippen LogP contribution in [-0.4, -0.2) is 43.4 Å². The fourth-order valence-corrected chi connectivity index (χ4v) is 6.84. The molecular weight excluding hydrogens is 474 g/mol. The van der Waals surface area contributed by atoms with Crippen molar-refractivity contribution in [2.24, 2.45) is 0 Å². The van der Waals surface area contributed by atoms with Crippen LogP contribution in [0, 0.1) is 0 Å². The summed E-state index contributed by atoms with van der Waals surface area (Å²) in [6.45, 7) is 3.59. The number of aromatic nitrogens is 1. The zero-order valence-electron chi connectivity index (χ0n) is 19.4. The van der Waals surface area contributed by atoms with Crippen molar-refractivity contribution in [2.45, 2.75) is 50.5 Å². The summed E-state index contributed by atoms with van der Waals surface area (Å²) in [5.74, 6) is 0.352. The minimum Gasteiger partial charge on any atom is -0.496 e. The number of ether oxygens (including phenoxy) is 1. The highest BCUT2D eigenvalue weighted by Gasteiger charge is 2.26. The number of benzene rings is 2. The summed E-state index contributed by atoms with van der Waals surface area (Å²) in [7, 11) is -2.04. The van der Waals surface area contributed by atoms with Crippen LogP contribution in [0.2, 0.25) is 0 Å². The Morgan fingerprint density at radius 1 is 1.12 bits per heavy atom. The number of hydrogen-bond acceptors (Lipinski definition) is 6. The third-order valence-corrected chi connectivity index (χ3v) is 8.93. The molecule has 1 aliphatic heterocycles. The molecule has 0 spiro atoms. The molecule has 0 atom stereocenters. The molecule has 0 bridgehead atoms. The third-order valence-electron chi connectivity index (χ3n) is 6.09. The topological polar surface area (TPSA) is 97.7 Å². The molecular formula is C24H29N3O5S2. The standard InChI is InChI=1S/C24H29N3O5S2/c1-3-27-20-10-8-18(16-22(20)33-24(27)29)25-23(28)12-7-17-15-19(9-11-21(17)32-2)34(30,31)26-13-5-4-6-14-26/h8-11,15-16H,3-7,12-14H2,1-2H3,(H,25,28). The molecule has 34 heavy (non-hydrogen) atoms. The molecule has 10 heteroatoms. The van der Waals surface area contributed by atoms with Gasteiger partial charge in [0.25, 0.3) is 0 Å². The predicted molar refractivity (Wildman–Crippen MR) is 134 cm³/mol. The zero-order chi connectivity index (χ0) is 24.3. The van der Waals surface area contributed by atoms with Crippen LogP contribution in [0.3, 0.4) is 0 Å². The lowest BCUT2D eigenvalue weighted by Gasteiger charge is -2.26. The molecule has 0 unspecified atom stereocenters. The van der Waals surface area contributed by atoms with Gasteiger partial charge in [-0.05, 0) is 68.1 Å². The first kappa shape index (κ1) is 24.4. The van der Waals surface area contributed by atoms with Crippen molar-refractivity contribution >= 4 is 43.2 Å². The van der Waals surface area contributed by atoms with Crippen LogP contribution >= 0.6 is 11.3 Å². The Kier molecular flexibility index (Phi) is 7.39. The molecule has 1 aromatic heterocycles. The summed E-state index contributed by atoms with van der Waals surface area (Å²) in [6.07, 6.45) is 3.28. The van der Waals surface area contributed by atoms with Gasteiger partial charge in [0.05, 0.1) is 22.2 Å². The molecule has 182 valence electrons. The van der Waals surface area contributed by atoms with E-state index in [1.165, 1.54) is 11.4 Å². The first-order chi connectivity index (χ1) is 16.3. The molecule has 2 aromatic carbocycles. The van der Waals surface area contributed by atoms with Gasteiger partial charge in [0, 0.05) is 31.7 Å². The lowest BCUT2D eigenvalue weighted by Crippen LogP contribution is -2.35. The third kappa shape index (κ3) is 5.03. The van der Waals surface area contributed by atoms with E-state index in [-0.39, 0.29) is 22.1 Å². The van der Waals surface area contributed by atoms with Gasteiger partial charge in [-0.2, -0.15) is 4.31 Å². The number of amides is 1. The van der Waals surface area contributed by atoms with Gasteiger partial charge in [-0.3, -0.25) is 14.2 Å². The van der Waals surface area contributed by atoms with E-state index in [0.29, 0.717) is 43.1 Å². The number of hydrogen-bond donors (Lipinski definition) is 1. The second kappa shape index (κ2) is 10.3. The maximum Gasteiger partial charge on any atom is 0.308 e. The highest BCUT2D eigenvalue weighted by molar-refractivity contribution is 7.89. The highest BCUT2D eigenvalue weighted by Crippen LogP contribution is 2.28. The summed E-state index contributed by atoms with van der Waals surface area (Å²) in [5, 5.41) is 2.87. The second-order valence-electron chi connectivity index (χ2n) is 8.28. The maximum atomic E-state index is 13.1. The van der Waals surface area contributed by atoms with E-state index in [0.717, 1.165) is 40.8 Å². The molecule has 4 rings (SSSR count). The molecule has 3 aromatic rings. The van der Waals surface area contributed by atoms with Gasteiger partial charge in [-0.1, -0.05) is 17.8 Å². The Morgan fingerprint density at radius 2 is 1.88 bits per heavy atom. The van der Waals surface area contributed by atoms with E-state index in [2.05, 4.69) is 5.32 Å². The molecule has 0 saturated carbocycles. The van der Waals surface area contributed by atoms with Crippen molar-refractivity contribution in [2.75, 3.05) is 25.5 Å². The van der Waals surface area contributed by atoms with E-state index in [4.69, 9.17) is 4.74 Å². The van der Waals surface area contributed by atoms with E-state index >= 15 is 0 Å². The molecule has 1 amide bonds. The number of anilines is 1. The highest BCUT2D eigenvalue weighted by atomic mass is 32.2. The van der Waals surface area contributed by atoms with Crippen molar-refractivity contribution in [3.63, 3.8) is 0 Å². The van der Waals surface area contributed by atoms with Crippen molar-refractivity contribution in [3.05, 3.63) is 51.6 Å². The molecule has 1 N–H and O–H groups in total. The first-order valence-electron chi connectivity index (χ1n) is 11.4. The van der Waals surface area contributed by atoms with Crippen molar-refractivity contribution in [3.8, 4) is 5.75 Å². The number of carbonyl (C=O) groups excluding carboxylic acids is 1. The number of carbonyl (C=O) groups is 1. The van der Waals surface area contributed by atoms with E-state index in [1.807, 2.05) is 13.0 Å². The van der Waals surface area contributed by atoms with Gasteiger partial charge >= 0.3 is 4.87 Å². The quantitative estimate of drug-likeness (QED) is 0.504. The largest absolute Gasteiger partial charge is 0.496 e. The van der Waals surface area contributed by atoms with Crippen LogP contribution in [-0.2, 0) is 27.8 Å². The number of nitrogens with zero attached hydrogens (tertiary/aromatic N) is 2. The number of fused-ring (bicyclic) bond motifs is 1. The summed E-state index contributed by atoms with van der Waals surface area (Å²) in [4.78, 5) is 24.9. The van der Waals surface area contributed by atoms with Crippen LogP contribution in [0.15, 0.2) is 46.1 Å². The Hall–Kier alpha value is -2.69. The number of sulfonamides is 1. The number of methoxy groups -OCH3 is 1. The van der Waals surface area contributed by atoms with Gasteiger partial charge in [0.2, 0.25) is 15.9 Å². The van der Waals surface area contributed by atoms with Gasteiger partial charge in [-0.25, -0.2) is 8.42 Å². The number of aryl methyl sites for hydroxylation is 2. The minimum absolute atomic E-state index is 0.0209. The normalized spacial score (nSPS) is 14.9. The van der Waals surface area contributed by atoms with Gasteiger partial charge in [0.1, 0.15) is 5.75 Å². The van der Waals surface area contributed by atoms with Crippen molar-refractivity contribution in [1.29, 1.82) is 0 Å². The molecule has 2 heterocycles. The Bertz CT molecular complexity index is 1350. The van der Waals surface area contributed by atoms with Crippen LogP contribution in [0.5, 0.6) is 5.75 Å². The SMILES string of the molecule is CCn1c(=O)sc2cc(NC(=O)CCc3cc(S(=O)(=O)N4CCCCC4)ccc3OC)ccc21. The fourth-order valence-electron chi connectivity index (χ4n) is 4.28. The molecule has 0 radical (unpaired) electrons. The van der Waals surface area contributed by atoms with Crippen molar-refractivity contribution in [1.82, 2.24) is 8.87 Å². The van der Waals surface area contributed by atoms with Crippen LogP contribution in [0.25, 0.3) is 10.2 Å². The first-order valence-corrected chi connectivity index (χ1v) is 13.7. The maximum absolute atomic E-state index is 13.1. The smallest absolute Gasteiger partial charge is 0.308 e. The summed E-state index contributed by atoms with van der Waals surface area (Å²) in [5.41, 5.74) is 2.15. The molecule has 1 fully saturated rings. The monoisotopic (exact) mass is 503 g/mol. The molecule has 8 nitrogen and oxygen atoms in total. The molecule has 0 aliphatic carbocycles. The number of thiazole rings is 1. The van der Waals surface area contributed by atoms with Crippen molar-refractivity contribution < 1.29 is 17.9 Å². The Morgan fingerprint density at radius 3 is 2.59 bits per heavy atom. The Balaban J connectivity index is 1.47. The number of nitrogens with one attached hydrogen (secondary N) is 1. The minimum atomic E-state index is -3.57. The van der Waals surface area contributed by atoms with Crippen LogP contribution < -0.4 is 14.9 Å². The number of piperidine rings is 1. The van der Waals surface area contributed by atoms with Crippen LogP contribution in [0.4, 0.5) is 5.69 Å². The number of rotatable bonds is 8. The van der Waals surface area contributed by atoms with E-state index < -0.39 is 10.0 Å². The zero-order valence-corrected chi connectivity index (χ0v) is 21.0. The summed E-state index contributed by atoms with van der Waals surface area (Å²) < 4.78 is 35.6. The predicted octanol–water partition coefficient (Wildman–Crippen LogP) is 3.84. The van der Waals surface area contributed by atoms with Gasteiger partial charge in [-0.15, -0.1) is 0 Å². The summed E-state index contributed by atoms with van der Waals surface area (Å²) in [6, 6.07) is 10.3. The van der Waals surface area contributed by atoms with E-state index in [1.54, 1.807) is 34.9 Å². The molecule has 1 aliphatic rings. The Labute approximate surface area is 203 Å². The average Bonchev–Trinajstić information content (AvgIpc) is 3.17. The van der Waals surface area contributed by atoms with Crippen LogP contribution in [0.1, 0.15) is 38.2 Å². The second-order valence-corrected chi connectivity index (χ2v) is 11.2. The summed E-state index contributed by atoms with van der Waals surface area (Å²) >= 11 is 1.15. The fraction of sp³-hybridized carbons (Fsp3) is 0.417.